The van der Waals surface area contributed by atoms with Crippen LogP contribution in [0.15, 0.2) is 77.7 Å². The number of alkyl halides is 1. The first-order valence-corrected chi connectivity index (χ1v) is 15.7. The molecule has 0 radical (unpaired) electrons. The highest BCUT2D eigenvalue weighted by molar-refractivity contribution is 7.52. The minimum Gasteiger partial charge on any atom is -0.462 e. The summed E-state index contributed by atoms with van der Waals surface area (Å²) in [5.41, 5.74) is -2.71. The molecule has 1 amide bonds. The molecule has 2 heterocycles. The predicted molar refractivity (Wildman–Crippen MR) is 161 cm³/mol. The molecule has 1 aromatic heterocycles. The second-order valence-corrected chi connectivity index (χ2v) is 12.6. The Morgan fingerprint density at radius 1 is 1.11 bits per heavy atom. The molecule has 6 atom stereocenters. The van der Waals surface area contributed by atoms with E-state index in [9.17, 15) is 24.1 Å². The highest BCUT2D eigenvalue weighted by Gasteiger charge is 2.56. The van der Waals surface area contributed by atoms with E-state index in [1.54, 1.807) is 56.3 Å². The summed E-state index contributed by atoms with van der Waals surface area (Å²) >= 11 is 0. The fraction of sp³-hybridized carbons (Fsp3) is 0.400. The Balaban J connectivity index is 1.46. The maximum atomic E-state index is 15.9. The van der Waals surface area contributed by atoms with Crippen molar-refractivity contribution in [2.75, 3.05) is 11.9 Å². The van der Waals surface area contributed by atoms with Crippen molar-refractivity contribution in [3.63, 3.8) is 0 Å². The summed E-state index contributed by atoms with van der Waals surface area (Å²) in [5, 5.41) is 15.8. The van der Waals surface area contributed by atoms with Crippen LogP contribution in [0.2, 0.25) is 0 Å². The minimum atomic E-state index is -4.35. The molecule has 45 heavy (non-hydrogen) atoms. The predicted octanol–water partition coefficient (Wildman–Crippen LogP) is 3.54. The van der Waals surface area contributed by atoms with Crippen LogP contribution in [0.25, 0.3) is 0 Å². The fourth-order valence-corrected chi connectivity index (χ4v) is 5.99. The van der Waals surface area contributed by atoms with Gasteiger partial charge in [0.25, 0.3) is 0 Å². The summed E-state index contributed by atoms with van der Waals surface area (Å²) in [6.07, 6.45) is -4.12. The zero-order chi connectivity index (χ0) is 32.8. The molecule has 0 saturated carbocycles. The van der Waals surface area contributed by atoms with Gasteiger partial charge in [-0.3, -0.25) is 18.7 Å². The van der Waals surface area contributed by atoms with E-state index in [2.05, 4.69) is 15.4 Å². The summed E-state index contributed by atoms with van der Waals surface area (Å²) in [6, 6.07) is 17.1. The number of hydrogen-bond donors (Lipinski definition) is 3. The van der Waals surface area contributed by atoms with E-state index in [1.807, 2.05) is 6.07 Å². The van der Waals surface area contributed by atoms with Crippen molar-refractivity contribution in [2.45, 2.75) is 70.4 Å². The molecule has 2 aromatic carbocycles. The monoisotopic (exact) mass is 646 g/mol. The SMILES string of the molecule is CC(C)OC(=O)[C@H](C)N[P@](=O)(OC[C@H]1O[C@@H](n2ccc(NC(=O)Cc3ccccc3)nc2=O)[C@](C)(F)[C@@H]1O)Oc1ccccc1. The van der Waals surface area contributed by atoms with Gasteiger partial charge in [0.1, 0.15) is 29.8 Å². The number of halogens is 1. The van der Waals surface area contributed by atoms with Crippen molar-refractivity contribution in [3.05, 3.63) is 89.0 Å². The van der Waals surface area contributed by atoms with Crippen LogP contribution >= 0.6 is 7.75 Å². The van der Waals surface area contributed by atoms with Gasteiger partial charge in [0.15, 0.2) is 11.9 Å². The molecule has 0 spiro atoms. The Morgan fingerprint density at radius 2 is 1.76 bits per heavy atom. The van der Waals surface area contributed by atoms with Gasteiger partial charge in [-0.2, -0.15) is 10.1 Å². The number of aliphatic hydroxyl groups excluding tert-OH is 1. The fourth-order valence-electron chi connectivity index (χ4n) is 4.49. The average molecular weight is 647 g/mol. The second kappa shape index (κ2) is 14.4. The average Bonchev–Trinajstić information content (AvgIpc) is 3.20. The van der Waals surface area contributed by atoms with Gasteiger partial charge in [-0.1, -0.05) is 48.5 Å². The van der Waals surface area contributed by atoms with Crippen LogP contribution in [-0.4, -0.2) is 63.2 Å². The molecule has 242 valence electrons. The number of rotatable bonds is 13. The van der Waals surface area contributed by atoms with E-state index in [1.165, 1.54) is 31.3 Å². The lowest BCUT2D eigenvalue weighted by Crippen LogP contribution is -2.43. The van der Waals surface area contributed by atoms with Crippen LogP contribution in [0, 0.1) is 0 Å². The standard InChI is InChI=1S/C30H36FN4O9P/c1-19(2)42-27(38)20(3)34-45(40,44-22-13-9-6-10-14-22)41-18-23-26(37)30(4,31)28(43-23)35-16-15-24(33-29(35)39)32-25(36)17-21-11-7-5-8-12-21/h5-16,19-20,23,26,28,37H,17-18H2,1-4H3,(H,34,40)(H,32,33,36,39)/t20-,23+,26+,28+,30+,45-/m0/s1. The van der Waals surface area contributed by atoms with Gasteiger partial charge in [0.2, 0.25) is 5.91 Å². The van der Waals surface area contributed by atoms with Gasteiger partial charge in [-0.05, 0) is 51.5 Å². The highest BCUT2D eigenvalue weighted by atomic mass is 31.2. The van der Waals surface area contributed by atoms with Crippen LogP contribution in [-0.2, 0) is 34.6 Å². The Labute approximate surface area is 259 Å². The summed E-state index contributed by atoms with van der Waals surface area (Å²) < 4.78 is 52.4. The van der Waals surface area contributed by atoms with Crippen molar-refractivity contribution in [3.8, 4) is 5.75 Å². The van der Waals surface area contributed by atoms with E-state index in [-0.39, 0.29) is 18.0 Å². The van der Waals surface area contributed by atoms with Gasteiger partial charge in [0.05, 0.1) is 19.1 Å². The molecular formula is C30H36FN4O9P. The number of hydrogen-bond acceptors (Lipinski definition) is 10. The second-order valence-electron chi connectivity index (χ2n) is 10.9. The van der Waals surface area contributed by atoms with Crippen molar-refractivity contribution in [2.24, 2.45) is 0 Å². The summed E-state index contributed by atoms with van der Waals surface area (Å²) in [6.45, 7) is 5.09. The normalized spacial score (nSPS) is 23.2. The van der Waals surface area contributed by atoms with Crippen LogP contribution in [0.5, 0.6) is 5.75 Å². The molecule has 15 heteroatoms. The number of benzene rings is 2. The van der Waals surface area contributed by atoms with Gasteiger partial charge in [-0.25, -0.2) is 13.8 Å². The molecule has 0 bridgehead atoms. The van der Waals surface area contributed by atoms with E-state index in [0.29, 0.717) is 0 Å². The molecule has 1 fully saturated rings. The number of ether oxygens (including phenoxy) is 2. The molecule has 0 aliphatic carbocycles. The van der Waals surface area contributed by atoms with E-state index >= 15 is 4.39 Å². The molecule has 1 aliphatic heterocycles. The van der Waals surface area contributed by atoms with Gasteiger partial charge in [0, 0.05) is 6.20 Å². The van der Waals surface area contributed by atoms with Crippen LogP contribution < -0.4 is 20.6 Å². The Morgan fingerprint density at radius 3 is 2.38 bits per heavy atom. The van der Waals surface area contributed by atoms with E-state index in [0.717, 1.165) is 17.1 Å². The number of amides is 1. The van der Waals surface area contributed by atoms with Crippen LogP contribution in [0.1, 0.15) is 39.5 Å². The van der Waals surface area contributed by atoms with E-state index in [4.69, 9.17) is 18.5 Å². The van der Waals surface area contributed by atoms with Gasteiger partial charge >= 0.3 is 19.4 Å². The lowest BCUT2D eigenvalue weighted by Gasteiger charge is -2.25. The number of anilines is 1. The van der Waals surface area contributed by atoms with Gasteiger partial charge < -0.3 is 24.4 Å². The number of aliphatic hydroxyl groups is 1. The quantitative estimate of drug-likeness (QED) is 0.184. The van der Waals surface area contributed by atoms with Crippen LogP contribution in [0.4, 0.5) is 10.2 Å². The molecular weight excluding hydrogens is 610 g/mol. The first-order valence-electron chi connectivity index (χ1n) is 14.2. The number of esters is 1. The summed E-state index contributed by atoms with van der Waals surface area (Å²) in [7, 11) is -4.35. The molecule has 1 aliphatic rings. The van der Waals surface area contributed by atoms with Crippen molar-refractivity contribution < 1.29 is 42.2 Å². The van der Waals surface area contributed by atoms with E-state index < -0.39 is 68.2 Å². The van der Waals surface area contributed by atoms with Gasteiger partial charge in [-0.15, -0.1) is 0 Å². The number of carbonyl (C=O) groups excluding carboxylic acids is 2. The maximum absolute atomic E-state index is 15.9. The smallest absolute Gasteiger partial charge is 0.459 e. The first-order chi connectivity index (χ1) is 21.3. The number of nitrogens with one attached hydrogen (secondary N) is 2. The number of para-hydroxylation sites is 1. The van der Waals surface area contributed by atoms with Crippen LogP contribution in [0.3, 0.4) is 0 Å². The Kier molecular flexibility index (Phi) is 10.9. The third-order valence-corrected chi connectivity index (χ3v) is 8.35. The van der Waals surface area contributed by atoms with Crippen molar-refractivity contribution in [1.29, 1.82) is 0 Å². The zero-order valence-corrected chi connectivity index (χ0v) is 26.1. The number of carbonyl (C=O) groups is 2. The topological polar surface area (TPSA) is 167 Å². The molecule has 0 unspecified atom stereocenters. The third-order valence-electron chi connectivity index (χ3n) is 6.71. The zero-order valence-electron chi connectivity index (χ0n) is 25.2. The maximum Gasteiger partial charge on any atom is 0.459 e. The highest BCUT2D eigenvalue weighted by Crippen LogP contribution is 2.47. The third kappa shape index (κ3) is 8.83. The largest absolute Gasteiger partial charge is 0.462 e. The minimum absolute atomic E-state index is 0.0497. The number of nitrogens with zero attached hydrogens (tertiary/aromatic N) is 2. The molecule has 4 rings (SSSR count). The lowest BCUT2D eigenvalue weighted by molar-refractivity contribution is -0.149. The molecule has 3 N–H and O–H groups in total. The lowest BCUT2D eigenvalue weighted by atomic mass is 9.98. The summed E-state index contributed by atoms with van der Waals surface area (Å²) in [5.74, 6) is -1.03. The summed E-state index contributed by atoms with van der Waals surface area (Å²) in [4.78, 5) is 41.5. The first kappa shape index (κ1) is 33.9. The molecule has 3 aromatic rings. The molecule has 1 saturated heterocycles. The van der Waals surface area contributed by atoms with Crippen molar-refractivity contribution in [1.82, 2.24) is 14.6 Å². The Hall–Kier alpha value is -3.94. The van der Waals surface area contributed by atoms with Crippen molar-refractivity contribution >= 4 is 25.4 Å². The molecule has 13 nitrogen and oxygen atoms in total. The number of aromatic nitrogens is 2. The Bertz CT molecular complexity index is 1570.